The maximum Gasteiger partial charge on any atom is 0.338 e. The molecule has 0 fully saturated rings. The Kier molecular flexibility index (Phi) is 5.43. The Labute approximate surface area is 158 Å². The van der Waals surface area contributed by atoms with Crippen molar-refractivity contribution in [3.63, 3.8) is 0 Å². The van der Waals surface area contributed by atoms with Crippen LogP contribution in [0.3, 0.4) is 0 Å². The summed E-state index contributed by atoms with van der Waals surface area (Å²) in [5.74, 6) is -1.02. The van der Waals surface area contributed by atoms with Gasteiger partial charge in [0.05, 0.1) is 10.5 Å². The number of hydrogen-bond donors (Lipinski definition) is 0. The highest BCUT2D eigenvalue weighted by atomic mass is 32.2. The fraction of sp³-hybridized carbons (Fsp3) is 0.300. The molecule has 6 nitrogen and oxygen atoms in total. The minimum absolute atomic E-state index is 0.00750. The maximum atomic E-state index is 12.3. The molecule has 0 saturated carbocycles. The third kappa shape index (κ3) is 4.09. The van der Waals surface area contributed by atoms with Crippen LogP contribution in [0.15, 0.2) is 47.4 Å². The lowest BCUT2D eigenvalue weighted by Gasteiger charge is -2.12. The van der Waals surface area contributed by atoms with Crippen molar-refractivity contribution >= 4 is 21.8 Å². The number of fused-ring (bicyclic) bond motifs is 1. The van der Waals surface area contributed by atoms with E-state index in [1.165, 1.54) is 49.5 Å². The summed E-state index contributed by atoms with van der Waals surface area (Å²) in [6.45, 7) is -0.387. The fourth-order valence-electron chi connectivity index (χ4n) is 3.04. The van der Waals surface area contributed by atoms with Crippen molar-refractivity contribution in [3.05, 3.63) is 64.7 Å². The number of ether oxygens (including phenoxy) is 1. The number of nitrogens with zero attached hydrogens (tertiary/aromatic N) is 1. The van der Waals surface area contributed by atoms with Crippen LogP contribution in [0, 0.1) is 0 Å². The predicted octanol–water partition coefficient (Wildman–Crippen LogP) is 2.47. The second kappa shape index (κ2) is 7.62. The average molecular weight is 387 g/mol. The molecular formula is C20H21NO5S. The van der Waals surface area contributed by atoms with E-state index in [2.05, 4.69) is 0 Å². The summed E-state index contributed by atoms with van der Waals surface area (Å²) in [5, 5.41) is 0. The van der Waals surface area contributed by atoms with Crippen LogP contribution >= 0.6 is 0 Å². The molecule has 0 aromatic heterocycles. The highest BCUT2D eigenvalue weighted by Crippen LogP contribution is 2.23. The van der Waals surface area contributed by atoms with Crippen LogP contribution in [-0.4, -0.2) is 45.2 Å². The molecule has 3 rings (SSSR count). The van der Waals surface area contributed by atoms with Crippen LogP contribution in [0.5, 0.6) is 0 Å². The number of hydrogen-bond acceptors (Lipinski definition) is 5. The second-order valence-electron chi connectivity index (χ2n) is 6.65. The van der Waals surface area contributed by atoms with Crippen LogP contribution in [-0.2, 0) is 27.6 Å². The van der Waals surface area contributed by atoms with Gasteiger partial charge in [-0.25, -0.2) is 17.5 Å². The summed E-state index contributed by atoms with van der Waals surface area (Å²) >= 11 is 0. The Morgan fingerprint density at radius 1 is 1.00 bits per heavy atom. The largest absolute Gasteiger partial charge is 0.454 e. The summed E-state index contributed by atoms with van der Waals surface area (Å²) in [6, 6.07) is 11.1. The van der Waals surface area contributed by atoms with Crippen molar-refractivity contribution in [2.45, 2.75) is 24.2 Å². The van der Waals surface area contributed by atoms with Gasteiger partial charge in [-0.1, -0.05) is 18.2 Å². The van der Waals surface area contributed by atoms with Gasteiger partial charge >= 0.3 is 5.97 Å². The van der Waals surface area contributed by atoms with Crippen LogP contribution in [0.1, 0.15) is 38.3 Å². The van der Waals surface area contributed by atoms with Gasteiger partial charge in [0.25, 0.3) is 0 Å². The molecule has 0 aliphatic heterocycles. The van der Waals surface area contributed by atoms with Gasteiger partial charge in [0, 0.05) is 19.7 Å². The van der Waals surface area contributed by atoms with Crippen LogP contribution in [0.4, 0.5) is 0 Å². The maximum absolute atomic E-state index is 12.3. The molecule has 2 aromatic rings. The Morgan fingerprint density at radius 2 is 1.74 bits per heavy atom. The SMILES string of the molecule is CN(C)S(=O)(=O)c1cccc(C(=O)OCC(=O)c2ccc3c(c2)CCC3)c1. The van der Waals surface area contributed by atoms with Gasteiger partial charge < -0.3 is 4.74 Å². The van der Waals surface area contributed by atoms with E-state index in [1.54, 1.807) is 6.07 Å². The zero-order valence-electron chi connectivity index (χ0n) is 15.3. The monoisotopic (exact) mass is 387 g/mol. The first-order chi connectivity index (χ1) is 12.8. The highest BCUT2D eigenvalue weighted by Gasteiger charge is 2.20. The molecule has 7 heteroatoms. The van der Waals surface area contributed by atoms with Crippen molar-refractivity contribution in [2.24, 2.45) is 0 Å². The zero-order valence-corrected chi connectivity index (χ0v) is 16.1. The molecule has 27 heavy (non-hydrogen) atoms. The second-order valence-corrected chi connectivity index (χ2v) is 8.80. The lowest BCUT2D eigenvalue weighted by molar-refractivity contribution is 0.0474. The number of ketones is 1. The van der Waals surface area contributed by atoms with Gasteiger partial charge in [0.2, 0.25) is 10.0 Å². The molecule has 2 aromatic carbocycles. The number of carbonyl (C=O) groups excluding carboxylic acids is 2. The number of benzene rings is 2. The molecule has 0 N–H and O–H groups in total. The number of rotatable bonds is 6. The molecule has 1 aliphatic rings. The van der Waals surface area contributed by atoms with E-state index < -0.39 is 16.0 Å². The minimum Gasteiger partial charge on any atom is -0.454 e. The van der Waals surface area contributed by atoms with Gasteiger partial charge in [0.1, 0.15) is 0 Å². The molecule has 0 atom stereocenters. The van der Waals surface area contributed by atoms with Crippen molar-refractivity contribution in [3.8, 4) is 0 Å². The average Bonchev–Trinajstić information content (AvgIpc) is 3.13. The van der Waals surface area contributed by atoms with E-state index >= 15 is 0 Å². The Balaban J connectivity index is 1.68. The zero-order chi connectivity index (χ0) is 19.6. The quantitative estimate of drug-likeness (QED) is 0.562. The number of sulfonamides is 1. The molecular weight excluding hydrogens is 366 g/mol. The molecule has 0 heterocycles. The third-order valence-electron chi connectivity index (χ3n) is 4.60. The summed E-state index contributed by atoms with van der Waals surface area (Å²) in [7, 11) is -0.830. The molecule has 1 aliphatic carbocycles. The highest BCUT2D eigenvalue weighted by molar-refractivity contribution is 7.89. The lowest BCUT2D eigenvalue weighted by Crippen LogP contribution is -2.22. The topological polar surface area (TPSA) is 80.8 Å². The minimum atomic E-state index is -3.65. The van der Waals surface area contributed by atoms with Crippen LogP contribution < -0.4 is 0 Å². The van der Waals surface area contributed by atoms with Crippen LogP contribution in [0.25, 0.3) is 0 Å². The molecule has 0 amide bonds. The standard InChI is InChI=1S/C20H21NO5S/c1-21(2)27(24,25)18-8-4-7-17(12-18)20(23)26-13-19(22)16-10-9-14-5-3-6-15(14)11-16/h4,7-12H,3,5-6,13H2,1-2H3. The van der Waals surface area contributed by atoms with E-state index in [-0.39, 0.29) is 22.8 Å². The molecule has 0 radical (unpaired) electrons. The fourth-order valence-corrected chi connectivity index (χ4v) is 3.99. The summed E-state index contributed by atoms with van der Waals surface area (Å²) < 4.78 is 30.5. The normalized spacial score (nSPS) is 13.4. The predicted molar refractivity (Wildman–Crippen MR) is 100 cm³/mol. The van der Waals surface area contributed by atoms with Crippen molar-refractivity contribution < 1.29 is 22.7 Å². The Hall–Kier alpha value is -2.51. The first kappa shape index (κ1) is 19.3. The molecule has 0 spiro atoms. The van der Waals surface area contributed by atoms with Crippen molar-refractivity contribution in [2.75, 3.05) is 20.7 Å². The number of Topliss-reactive ketones (excluding diaryl/α,β-unsaturated/α-hetero) is 1. The first-order valence-electron chi connectivity index (χ1n) is 8.64. The summed E-state index contributed by atoms with van der Waals surface area (Å²) in [4.78, 5) is 24.5. The first-order valence-corrected chi connectivity index (χ1v) is 10.1. The van der Waals surface area contributed by atoms with E-state index in [0.29, 0.717) is 5.56 Å². The Bertz CT molecular complexity index is 995. The van der Waals surface area contributed by atoms with Gasteiger partial charge in [-0.3, -0.25) is 4.79 Å². The molecule has 142 valence electrons. The van der Waals surface area contributed by atoms with Gasteiger partial charge in [0.15, 0.2) is 12.4 Å². The van der Waals surface area contributed by atoms with Gasteiger partial charge in [-0.2, -0.15) is 0 Å². The van der Waals surface area contributed by atoms with Crippen molar-refractivity contribution in [1.29, 1.82) is 0 Å². The number of carbonyl (C=O) groups is 2. The van der Waals surface area contributed by atoms with E-state index in [1.807, 2.05) is 12.1 Å². The number of esters is 1. The molecule has 0 unspecified atom stereocenters. The third-order valence-corrected chi connectivity index (χ3v) is 6.41. The van der Waals surface area contributed by atoms with Crippen LogP contribution in [0.2, 0.25) is 0 Å². The smallest absolute Gasteiger partial charge is 0.338 e. The van der Waals surface area contributed by atoms with E-state index in [4.69, 9.17) is 4.74 Å². The number of aryl methyl sites for hydroxylation is 2. The lowest BCUT2D eigenvalue weighted by atomic mass is 10.0. The van der Waals surface area contributed by atoms with Crippen molar-refractivity contribution in [1.82, 2.24) is 4.31 Å². The van der Waals surface area contributed by atoms with E-state index in [0.717, 1.165) is 23.6 Å². The summed E-state index contributed by atoms with van der Waals surface area (Å²) in [6.07, 6.45) is 3.09. The summed E-state index contributed by atoms with van der Waals surface area (Å²) in [5.41, 5.74) is 3.04. The molecule has 0 bridgehead atoms. The van der Waals surface area contributed by atoms with E-state index in [9.17, 15) is 18.0 Å². The van der Waals surface area contributed by atoms with Gasteiger partial charge in [-0.15, -0.1) is 0 Å². The van der Waals surface area contributed by atoms with Gasteiger partial charge in [-0.05, 0) is 54.7 Å². The molecule has 0 saturated heterocycles. The Morgan fingerprint density at radius 3 is 2.48 bits per heavy atom.